The Bertz CT molecular complexity index is 215. The van der Waals surface area contributed by atoms with Crippen LogP contribution in [0, 0.1) is 0 Å². The Morgan fingerprint density at radius 2 is 1.84 bits per heavy atom. The predicted octanol–water partition coefficient (Wildman–Crippen LogP) is 1.54. The standard InChI is InChI=1S/C13H30N4O.HI/c1-5-6-7-8-15-13(14-2)16-9-10-17(3)11-12-18-4;/h5-12H2,1-4H3,(H2,14,15,16);1H. The van der Waals surface area contributed by atoms with Crippen LogP contribution in [0.25, 0.3) is 0 Å². The highest BCUT2D eigenvalue weighted by Gasteiger charge is 1.99. The average molecular weight is 386 g/mol. The first-order valence-electron chi connectivity index (χ1n) is 6.86. The number of guanidine groups is 1. The summed E-state index contributed by atoms with van der Waals surface area (Å²) in [6, 6.07) is 0. The van der Waals surface area contributed by atoms with Gasteiger partial charge in [-0.2, -0.15) is 0 Å². The molecule has 0 aliphatic heterocycles. The lowest BCUT2D eigenvalue weighted by Gasteiger charge is -2.17. The van der Waals surface area contributed by atoms with Crippen LogP contribution in [0.15, 0.2) is 4.99 Å². The van der Waals surface area contributed by atoms with E-state index in [0.717, 1.165) is 38.7 Å². The first-order valence-corrected chi connectivity index (χ1v) is 6.86. The molecule has 0 aromatic carbocycles. The first-order chi connectivity index (χ1) is 8.74. The summed E-state index contributed by atoms with van der Waals surface area (Å²) in [6.45, 7) is 6.82. The number of methoxy groups -OCH3 is 1. The first kappa shape index (κ1) is 21.2. The molecule has 0 radical (unpaired) electrons. The highest BCUT2D eigenvalue weighted by molar-refractivity contribution is 14.0. The Morgan fingerprint density at radius 1 is 1.16 bits per heavy atom. The van der Waals surface area contributed by atoms with Crippen molar-refractivity contribution in [2.24, 2.45) is 4.99 Å². The molecule has 0 atom stereocenters. The molecular formula is C13H31IN4O. The molecule has 5 nitrogen and oxygen atoms in total. The SMILES string of the molecule is CCCCCNC(=NC)NCCN(C)CCOC.I. The van der Waals surface area contributed by atoms with E-state index < -0.39 is 0 Å². The minimum atomic E-state index is 0. The van der Waals surface area contributed by atoms with Crippen LogP contribution < -0.4 is 10.6 Å². The maximum Gasteiger partial charge on any atom is 0.191 e. The van der Waals surface area contributed by atoms with Crippen LogP contribution in [-0.4, -0.2) is 64.9 Å². The molecule has 0 rings (SSSR count). The molecule has 116 valence electrons. The number of nitrogens with one attached hydrogen (secondary N) is 2. The highest BCUT2D eigenvalue weighted by atomic mass is 127. The summed E-state index contributed by atoms with van der Waals surface area (Å²) in [5, 5.41) is 6.63. The second-order valence-corrected chi connectivity index (χ2v) is 4.43. The van der Waals surface area contributed by atoms with Gasteiger partial charge in [-0.25, -0.2) is 0 Å². The van der Waals surface area contributed by atoms with Gasteiger partial charge in [0.2, 0.25) is 0 Å². The highest BCUT2D eigenvalue weighted by Crippen LogP contribution is 1.90. The molecule has 0 amide bonds. The van der Waals surface area contributed by atoms with Crippen molar-refractivity contribution in [3.8, 4) is 0 Å². The van der Waals surface area contributed by atoms with Crippen LogP contribution in [0.5, 0.6) is 0 Å². The van der Waals surface area contributed by atoms with Crippen LogP contribution in [0.3, 0.4) is 0 Å². The topological polar surface area (TPSA) is 48.9 Å². The molecule has 6 heteroatoms. The van der Waals surface area contributed by atoms with Gasteiger partial charge in [-0.05, 0) is 13.5 Å². The summed E-state index contributed by atoms with van der Waals surface area (Å²) < 4.78 is 5.04. The van der Waals surface area contributed by atoms with Crippen LogP contribution in [-0.2, 0) is 4.74 Å². The zero-order valence-electron chi connectivity index (χ0n) is 12.9. The van der Waals surface area contributed by atoms with Gasteiger partial charge in [0.05, 0.1) is 6.61 Å². The Balaban J connectivity index is 0. The molecule has 0 unspecified atom stereocenters. The molecular weight excluding hydrogens is 355 g/mol. The van der Waals surface area contributed by atoms with Gasteiger partial charge in [0.15, 0.2) is 5.96 Å². The van der Waals surface area contributed by atoms with Crippen LogP contribution in [0.2, 0.25) is 0 Å². The normalized spacial score (nSPS) is 11.3. The lowest BCUT2D eigenvalue weighted by Crippen LogP contribution is -2.41. The van der Waals surface area contributed by atoms with Gasteiger partial charge in [0.25, 0.3) is 0 Å². The van der Waals surface area contributed by atoms with E-state index in [4.69, 9.17) is 4.74 Å². The van der Waals surface area contributed by atoms with Crippen LogP contribution in [0.1, 0.15) is 26.2 Å². The number of rotatable bonds is 10. The number of halogens is 1. The fraction of sp³-hybridized carbons (Fsp3) is 0.923. The quantitative estimate of drug-likeness (QED) is 0.259. The largest absolute Gasteiger partial charge is 0.383 e. The van der Waals surface area contributed by atoms with E-state index in [-0.39, 0.29) is 24.0 Å². The van der Waals surface area contributed by atoms with Crippen LogP contribution >= 0.6 is 24.0 Å². The van der Waals surface area contributed by atoms with Crippen molar-refractivity contribution in [2.75, 3.05) is 54.0 Å². The van der Waals surface area contributed by atoms with E-state index in [1.807, 2.05) is 7.05 Å². The lowest BCUT2D eigenvalue weighted by atomic mass is 10.2. The summed E-state index contributed by atoms with van der Waals surface area (Å²) >= 11 is 0. The van der Waals surface area contributed by atoms with Crippen molar-refractivity contribution in [2.45, 2.75) is 26.2 Å². The summed E-state index contributed by atoms with van der Waals surface area (Å²) in [7, 11) is 5.64. The summed E-state index contributed by atoms with van der Waals surface area (Å²) in [4.78, 5) is 6.43. The number of hydrogen-bond acceptors (Lipinski definition) is 3. The van der Waals surface area contributed by atoms with Crippen molar-refractivity contribution in [1.29, 1.82) is 0 Å². The Kier molecular flexibility index (Phi) is 17.8. The van der Waals surface area contributed by atoms with Gasteiger partial charge in [-0.1, -0.05) is 19.8 Å². The summed E-state index contributed by atoms with van der Waals surface area (Å²) in [5.74, 6) is 0.895. The fourth-order valence-corrected chi connectivity index (χ4v) is 1.53. The molecule has 19 heavy (non-hydrogen) atoms. The molecule has 0 saturated heterocycles. The van der Waals surface area contributed by atoms with Crippen molar-refractivity contribution < 1.29 is 4.74 Å². The predicted molar refractivity (Wildman–Crippen MR) is 93.7 cm³/mol. The third-order valence-corrected chi connectivity index (χ3v) is 2.76. The number of likely N-dealkylation sites (N-methyl/N-ethyl adjacent to an activating group) is 1. The van der Waals surface area contributed by atoms with Crippen molar-refractivity contribution >= 4 is 29.9 Å². The summed E-state index contributed by atoms with van der Waals surface area (Å²) in [5.41, 5.74) is 0. The molecule has 0 saturated carbocycles. The van der Waals surface area contributed by atoms with Gasteiger partial charge in [-0.3, -0.25) is 4.99 Å². The monoisotopic (exact) mass is 386 g/mol. The third-order valence-electron chi connectivity index (χ3n) is 2.76. The minimum absolute atomic E-state index is 0. The van der Waals surface area contributed by atoms with Crippen molar-refractivity contribution in [3.05, 3.63) is 0 Å². The second-order valence-electron chi connectivity index (χ2n) is 4.43. The molecule has 2 N–H and O–H groups in total. The zero-order chi connectivity index (χ0) is 13.6. The zero-order valence-corrected chi connectivity index (χ0v) is 15.2. The van der Waals surface area contributed by atoms with Crippen molar-refractivity contribution in [3.63, 3.8) is 0 Å². The van der Waals surface area contributed by atoms with Gasteiger partial charge >= 0.3 is 0 Å². The maximum atomic E-state index is 5.04. The van der Waals surface area contributed by atoms with Crippen molar-refractivity contribution in [1.82, 2.24) is 15.5 Å². The molecule has 0 aliphatic carbocycles. The fourth-order valence-electron chi connectivity index (χ4n) is 1.53. The number of nitrogens with zero attached hydrogens (tertiary/aromatic N) is 2. The lowest BCUT2D eigenvalue weighted by molar-refractivity contribution is 0.162. The van der Waals surface area contributed by atoms with E-state index in [1.54, 1.807) is 7.11 Å². The smallest absolute Gasteiger partial charge is 0.191 e. The van der Waals surface area contributed by atoms with Gasteiger partial charge in [-0.15, -0.1) is 24.0 Å². The Hall–Kier alpha value is -0.0800. The van der Waals surface area contributed by atoms with E-state index in [0.29, 0.717) is 0 Å². The third kappa shape index (κ3) is 14.1. The number of unbranched alkanes of at least 4 members (excludes halogenated alkanes) is 2. The number of aliphatic imine (C=N–C) groups is 1. The van der Waals surface area contributed by atoms with E-state index >= 15 is 0 Å². The van der Waals surface area contributed by atoms with Gasteiger partial charge in [0, 0.05) is 40.3 Å². The molecule has 0 fully saturated rings. The minimum Gasteiger partial charge on any atom is -0.383 e. The molecule has 0 bridgehead atoms. The molecule has 0 aromatic heterocycles. The van der Waals surface area contributed by atoms with Crippen LogP contribution in [0.4, 0.5) is 0 Å². The maximum absolute atomic E-state index is 5.04. The van der Waals surface area contributed by atoms with E-state index in [2.05, 4.69) is 34.5 Å². The van der Waals surface area contributed by atoms with Gasteiger partial charge in [0.1, 0.15) is 0 Å². The molecule has 0 spiro atoms. The van der Waals surface area contributed by atoms with Gasteiger partial charge < -0.3 is 20.3 Å². The summed E-state index contributed by atoms with van der Waals surface area (Å²) in [6.07, 6.45) is 3.71. The number of hydrogen-bond donors (Lipinski definition) is 2. The van der Waals surface area contributed by atoms with E-state index in [9.17, 15) is 0 Å². The van der Waals surface area contributed by atoms with E-state index in [1.165, 1.54) is 19.3 Å². The molecule has 0 aliphatic rings. The Morgan fingerprint density at radius 3 is 2.42 bits per heavy atom. The second kappa shape index (κ2) is 16.0. The average Bonchev–Trinajstić information content (AvgIpc) is 2.39. The molecule has 0 aromatic rings. The number of ether oxygens (including phenoxy) is 1. The Labute approximate surface area is 135 Å². The molecule has 0 heterocycles.